The fourth-order valence-corrected chi connectivity index (χ4v) is 4.20. The Balaban J connectivity index is 1.63. The number of aromatic amines is 1. The zero-order chi connectivity index (χ0) is 21.0. The minimum Gasteiger partial charge on any atom is -0.440 e. The van der Waals surface area contributed by atoms with Crippen LogP contribution in [-0.4, -0.2) is 30.3 Å². The molecule has 0 radical (unpaired) electrons. The van der Waals surface area contributed by atoms with Gasteiger partial charge in [0.2, 0.25) is 11.5 Å². The van der Waals surface area contributed by atoms with Crippen molar-refractivity contribution in [2.75, 3.05) is 0 Å². The fourth-order valence-electron chi connectivity index (χ4n) is 4.20. The molecular formula is C20H16F3N5O2. The van der Waals surface area contributed by atoms with Gasteiger partial charge in [-0.2, -0.15) is 18.3 Å². The molecule has 4 aromatic heterocycles. The van der Waals surface area contributed by atoms with Gasteiger partial charge in [-0.05, 0) is 38.0 Å². The minimum atomic E-state index is -4.78. The topological polar surface area (TPSA) is 89.1 Å². The Morgan fingerprint density at radius 3 is 2.90 bits per heavy atom. The molecule has 0 spiro atoms. The lowest BCUT2D eigenvalue weighted by molar-refractivity contribution is -0.141. The average molecular weight is 415 g/mol. The number of ketones is 1. The number of alkyl halides is 3. The van der Waals surface area contributed by atoms with Crippen molar-refractivity contribution >= 4 is 11.3 Å². The van der Waals surface area contributed by atoms with Gasteiger partial charge in [0.05, 0.1) is 29.1 Å². The summed E-state index contributed by atoms with van der Waals surface area (Å²) in [5, 5.41) is 4.64. The number of fused-ring (bicyclic) bond motifs is 2. The SMILES string of the molecule is Cc1cccc2cc([C@@H]3c4nc[nH]c4CCC3C(=O)c3ocnc3C(F)(F)F)nn12. The maximum Gasteiger partial charge on any atom is 0.437 e. The maximum absolute atomic E-state index is 13.3. The van der Waals surface area contributed by atoms with Crippen LogP contribution in [0, 0.1) is 12.8 Å². The first-order valence-corrected chi connectivity index (χ1v) is 9.37. The Kier molecular flexibility index (Phi) is 4.05. The highest BCUT2D eigenvalue weighted by molar-refractivity contribution is 5.97. The molecule has 10 heteroatoms. The van der Waals surface area contributed by atoms with E-state index in [0.29, 0.717) is 30.6 Å². The Hall–Kier alpha value is -3.43. The van der Waals surface area contributed by atoms with Crippen LogP contribution in [-0.2, 0) is 12.6 Å². The molecule has 0 fully saturated rings. The van der Waals surface area contributed by atoms with Gasteiger partial charge in [0, 0.05) is 17.3 Å². The molecule has 0 saturated heterocycles. The summed E-state index contributed by atoms with van der Waals surface area (Å²) in [6, 6.07) is 7.51. The number of carbonyl (C=O) groups excluding carboxylic acids is 1. The standard InChI is InChI=1S/C20H16F3N5O2/c1-10-3-2-4-11-7-14(27-28(10)11)15-12(5-6-13-16(15)25-8-24-13)17(29)18-19(20(21,22)23)26-9-30-18/h2-4,7-9,12,15H,5-6H2,1H3,(H,24,25)/t12?,15-/m1/s1. The second kappa shape index (κ2) is 6.54. The molecule has 1 N–H and O–H groups in total. The van der Waals surface area contributed by atoms with Gasteiger partial charge in [0.25, 0.3) is 0 Å². The molecule has 5 rings (SSSR count). The summed E-state index contributed by atoms with van der Waals surface area (Å²) in [5.41, 5.74) is 2.47. The Morgan fingerprint density at radius 2 is 2.13 bits per heavy atom. The van der Waals surface area contributed by atoms with E-state index in [4.69, 9.17) is 4.42 Å². The van der Waals surface area contributed by atoms with Crippen molar-refractivity contribution < 1.29 is 22.4 Å². The molecule has 0 saturated carbocycles. The first-order valence-electron chi connectivity index (χ1n) is 9.37. The van der Waals surface area contributed by atoms with Crippen LogP contribution >= 0.6 is 0 Å². The highest BCUT2D eigenvalue weighted by Crippen LogP contribution is 2.42. The van der Waals surface area contributed by atoms with Crippen LogP contribution in [0.4, 0.5) is 13.2 Å². The molecule has 1 unspecified atom stereocenters. The van der Waals surface area contributed by atoms with Gasteiger partial charge in [0.15, 0.2) is 12.1 Å². The van der Waals surface area contributed by atoms with E-state index < -0.39 is 35.2 Å². The molecule has 4 heterocycles. The zero-order valence-electron chi connectivity index (χ0n) is 15.8. The van der Waals surface area contributed by atoms with E-state index in [2.05, 4.69) is 20.1 Å². The third kappa shape index (κ3) is 2.82. The van der Waals surface area contributed by atoms with Crippen molar-refractivity contribution in [1.29, 1.82) is 0 Å². The third-order valence-electron chi connectivity index (χ3n) is 5.56. The number of hydrogen-bond donors (Lipinski definition) is 1. The molecule has 0 aliphatic heterocycles. The summed E-state index contributed by atoms with van der Waals surface area (Å²) in [6.07, 6.45) is -1.77. The third-order valence-corrected chi connectivity index (χ3v) is 5.56. The van der Waals surface area contributed by atoms with Crippen molar-refractivity contribution in [2.45, 2.75) is 31.9 Å². The van der Waals surface area contributed by atoms with Gasteiger partial charge in [-0.3, -0.25) is 4.79 Å². The first-order chi connectivity index (χ1) is 14.3. The van der Waals surface area contributed by atoms with Crippen molar-refractivity contribution in [3.63, 3.8) is 0 Å². The van der Waals surface area contributed by atoms with Gasteiger partial charge in [-0.25, -0.2) is 14.5 Å². The van der Waals surface area contributed by atoms with Crippen LogP contribution in [0.25, 0.3) is 5.52 Å². The Bertz CT molecular complexity index is 1250. The lowest BCUT2D eigenvalue weighted by Crippen LogP contribution is -2.30. The van der Waals surface area contributed by atoms with E-state index in [0.717, 1.165) is 16.9 Å². The Morgan fingerprint density at radius 1 is 1.30 bits per heavy atom. The number of H-pyrrole nitrogens is 1. The number of halogens is 3. The number of imidazole rings is 1. The normalized spacial score (nSPS) is 19.2. The van der Waals surface area contributed by atoms with Gasteiger partial charge >= 0.3 is 6.18 Å². The van der Waals surface area contributed by atoms with Crippen LogP contribution in [0.3, 0.4) is 0 Å². The van der Waals surface area contributed by atoms with Crippen LogP contribution < -0.4 is 0 Å². The van der Waals surface area contributed by atoms with Crippen LogP contribution in [0.2, 0.25) is 0 Å². The molecule has 0 bridgehead atoms. The highest BCUT2D eigenvalue weighted by Gasteiger charge is 2.45. The van der Waals surface area contributed by atoms with Gasteiger partial charge in [-0.1, -0.05) is 6.07 Å². The molecule has 0 aromatic carbocycles. The molecule has 4 aromatic rings. The number of oxazole rings is 1. The fraction of sp³-hybridized carbons (Fsp3) is 0.300. The van der Waals surface area contributed by atoms with E-state index in [9.17, 15) is 18.0 Å². The van der Waals surface area contributed by atoms with Crippen LogP contribution in [0.5, 0.6) is 0 Å². The van der Waals surface area contributed by atoms with Crippen LogP contribution in [0.1, 0.15) is 51.4 Å². The number of nitrogens with one attached hydrogen (secondary N) is 1. The zero-order valence-corrected chi connectivity index (χ0v) is 15.8. The number of rotatable bonds is 3. The lowest BCUT2D eigenvalue weighted by Gasteiger charge is -2.28. The quantitative estimate of drug-likeness (QED) is 0.512. The largest absolute Gasteiger partial charge is 0.440 e. The highest BCUT2D eigenvalue weighted by atomic mass is 19.4. The minimum absolute atomic E-state index is 0.337. The van der Waals surface area contributed by atoms with E-state index in [1.165, 1.54) is 6.33 Å². The number of aryl methyl sites for hydroxylation is 2. The molecule has 0 amide bonds. The summed E-state index contributed by atoms with van der Waals surface area (Å²) < 4.78 is 46.5. The molecular weight excluding hydrogens is 399 g/mol. The van der Waals surface area contributed by atoms with Gasteiger partial charge < -0.3 is 9.40 Å². The molecule has 30 heavy (non-hydrogen) atoms. The van der Waals surface area contributed by atoms with E-state index >= 15 is 0 Å². The van der Waals surface area contributed by atoms with Crippen LogP contribution in [0.15, 0.2) is 41.4 Å². The number of hydrogen-bond acceptors (Lipinski definition) is 5. The van der Waals surface area contributed by atoms with Gasteiger partial charge in [0.1, 0.15) is 0 Å². The second-order valence-corrected chi connectivity index (χ2v) is 7.35. The summed E-state index contributed by atoms with van der Waals surface area (Å²) in [4.78, 5) is 23.9. The second-order valence-electron chi connectivity index (χ2n) is 7.35. The van der Waals surface area contributed by atoms with Crippen molar-refractivity contribution in [2.24, 2.45) is 5.92 Å². The van der Waals surface area contributed by atoms with Crippen molar-refractivity contribution in [1.82, 2.24) is 24.6 Å². The van der Waals surface area contributed by atoms with Gasteiger partial charge in [-0.15, -0.1) is 0 Å². The predicted octanol–water partition coefficient (Wildman–Crippen LogP) is 3.95. The first kappa shape index (κ1) is 18.6. The smallest absolute Gasteiger partial charge is 0.437 e. The average Bonchev–Trinajstić information content (AvgIpc) is 3.44. The van der Waals surface area contributed by atoms with E-state index in [1.807, 2.05) is 31.2 Å². The summed E-state index contributed by atoms with van der Waals surface area (Å²) in [6.45, 7) is 1.90. The Labute approximate surface area is 168 Å². The van der Waals surface area contributed by atoms with Crippen molar-refractivity contribution in [3.05, 3.63) is 71.2 Å². The molecule has 154 valence electrons. The molecule has 1 aliphatic rings. The monoisotopic (exact) mass is 415 g/mol. The number of aromatic nitrogens is 5. The number of Topliss-reactive ketones (excluding diaryl/α,β-unsaturated/α-hetero) is 1. The van der Waals surface area contributed by atoms with Crippen molar-refractivity contribution in [3.8, 4) is 0 Å². The molecule has 2 atom stereocenters. The number of carbonyl (C=O) groups is 1. The maximum atomic E-state index is 13.3. The number of pyridine rings is 1. The summed E-state index contributed by atoms with van der Waals surface area (Å²) in [7, 11) is 0. The molecule has 7 nitrogen and oxygen atoms in total. The lowest BCUT2D eigenvalue weighted by atomic mass is 9.75. The van der Waals surface area contributed by atoms with E-state index in [1.54, 1.807) is 4.52 Å². The summed E-state index contributed by atoms with van der Waals surface area (Å²) >= 11 is 0. The number of nitrogens with zero attached hydrogens (tertiary/aromatic N) is 4. The summed E-state index contributed by atoms with van der Waals surface area (Å²) in [5.74, 6) is -2.92. The predicted molar refractivity (Wildman–Crippen MR) is 98.0 cm³/mol. The van der Waals surface area contributed by atoms with E-state index in [-0.39, 0.29) is 0 Å². The molecule has 1 aliphatic carbocycles.